The molecule has 0 saturated carbocycles. The van der Waals surface area contributed by atoms with Crippen molar-refractivity contribution in [3.63, 3.8) is 0 Å². The highest BCUT2D eigenvalue weighted by molar-refractivity contribution is 7.12. The van der Waals surface area contributed by atoms with Crippen LogP contribution in [0.25, 0.3) is 10.9 Å². The molecule has 2 nitrogen and oxygen atoms in total. The fourth-order valence-corrected chi connectivity index (χ4v) is 4.34. The number of thiophene rings is 1. The molecule has 0 saturated heterocycles. The maximum Gasteiger partial charge on any atom is 0.113 e. The van der Waals surface area contributed by atoms with Crippen LogP contribution in [-0.4, -0.2) is 10.1 Å². The highest BCUT2D eigenvalue weighted by atomic mass is 32.1. The van der Waals surface area contributed by atoms with Gasteiger partial charge in [-0.05, 0) is 61.6 Å². The molecule has 1 aliphatic carbocycles. The minimum Gasteiger partial charge on any atom is -0.383 e. The molecule has 4 rings (SSSR count). The number of hydrogen-bond acceptors (Lipinski definition) is 3. The average molecular weight is 295 g/mol. The van der Waals surface area contributed by atoms with Gasteiger partial charge in [-0.3, -0.25) is 4.98 Å². The lowest BCUT2D eigenvalue weighted by atomic mass is 10.0. The number of pyridine rings is 1. The van der Waals surface area contributed by atoms with Crippen molar-refractivity contribution in [2.24, 2.45) is 0 Å². The number of rotatable bonds is 2. The van der Waals surface area contributed by atoms with E-state index < -0.39 is 6.10 Å². The lowest BCUT2D eigenvalue weighted by Gasteiger charge is -2.10. The molecule has 0 bridgehead atoms. The standard InChI is InChI=1S/C18H17NOS/c1-11-5-6-12-9-14(7-8-15(12)19-11)18(20)17-10-13-3-2-4-16(13)21-17/h5-10,18,20H,2-4H2,1H3. The van der Waals surface area contributed by atoms with Crippen LogP contribution < -0.4 is 0 Å². The van der Waals surface area contributed by atoms with Crippen molar-refractivity contribution in [3.8, 4) is 0 Å². The Morgan fingerprint density at radius 3 is 2.90 bits per heavy atom. The van der Waals surface area contributed by atoms with Crippen LogP contribution in [-0.2, 0) is 12.8 Å². The van der Waals surface area contributed by atoms with Gasteiger partial charge in [0.05, 0.1) is 5.52 Å². The topological polar surface area (TPSA) is 33.1 Å². The van der Waals surface area contributed by atoms with Crippen LogP contribution >= 0.6 is 11.3 Å². The first-order chi connectivity index (χ1) is 10.2. The molecule has 3 heteroatoms. The summed E-state index contributed by atoms with van der Waals surface area (Å²) < 4.78 is 0. The molecular formula is C18H17NOS. The minimum atomic E-state index is -0.522. The number of fused-ring (bicyclic) bond motifs is 2. The fraction of sp³-hybridized carbons (Fsp3) is 0.278. The van der Waals surface area contributed by atoms with Crippen LogP contribution in [0.5, 0.6) is 0 Å². The van der Waals surface area contributed by atoms with E-state index in [4.69, 9.17) is 0 Å². The van der Waals surface area contributed by atoms with Crippen LogP contribution in [0, 0.1) is 6.92 Å². The fourth-order valence-electron chi connectivity index (χ4n) is 3.07. The van der Waals surface area contributed by atoms with Gasteiger partial charge in [0.15, 0.2) is 0 Å². The minimum absolute atomic E-state index is 0.522. The summed E-state index contributed by atoms with van der Waals surface area (Å²) in [5, 5.41) is 11.7. The van der Waals surface area contributed by atoms with Crippen molar-refractivity contribution >= 4 is 22.2 Å². The Hall–Kier alpha value is -1.71. The van der Waals surface area contributed by atoms with Crippen molar-refractivity contribution in [1.29, 1.82) is 0 Å². The summed E-state index contributed by atoms with van der Waals surface area (Å²) in [4.78, 5) is 7.04. The van der Waals surface area contributed by atoms with Crippen LogP contribution in [0.2, 0.25) is 0 Å². The normalized spacial score (nSPS) is 15.3. The number of benzene rings is 1. The predicted octanol–water partition coefficient (Wildman–Crippen LogP) is 4.18. The molecule has 3 aromatic rings. The number of hydrogen-bond donors (Lipinski definition) is 1. The van der Waals surface area contributed by atoms with Gasteiger partial charge in [-0.25, -0.2) is 0 Å². The molecule has 21 heavy (non-hydrogen) atoms. The van der Waals surface area contributed by atoms with Gasteiger partial charge in [0.2, 0.25) is 0 Å². The third-order valence-electron chi connectivity index (χ3n) is 4.20. The average Bonchev–Trinajstić information content (AvgIpc) is 3.07. The second-order valence-electron chi connectivity index (χ2n) is 5.76. The molecule has 1 N–H and O–H groups in total. The van der Waals surface area contributed by atoms with Crippen LogP contribution in [0.4, 0.5) is 0 Å². The molecule has 2 aromatic heterocycles. The van der Waals surface area contributed by atoms with E-state index in [0.29, 0.717) is 0 Å². The summed E-state index contributed by atoms with van der Waals surface area (Å²) >= 11 is 1.77. The molecule has 1 aliphatic rings. The molecule has 106 valence electrons. The van der Waals surface area contributed by atoms with E-state index in [0.717, 1.165) is 27.0 Å². The Balaban J connectivity index is 1.72. The number of nitrogens with zero attached hydrogens (tertiary/aromatic N) is 1. The third-order valence-corrected chi connectivity index (χ3v) is 5.49. The van der Waals surface area contributed by atoms with Gasteiger partial charge in [0, 0.05) is 20.8 Å². The zero-order valence-corrected chi connectivity index (χ0v) is 12.8. The number of aliphatic hydroxyl groups excluding tert-OH is 1. The first-order valence-corrected chi connectivity index (χ1v) is 8.19. The van der Waals surface area contributed by atoms with Crippen molar-refractivity contribution in [3.05, 3.63) is 63.0 Å². The van der Waals surface area contributed by atoms with Crippen molar-refractivity contribution in [2.45, 2.75) is 32.3 Å². The van der Waals surface area contributed by atoms with E-state index in [1.54, 1.807) is 11.3 Å². The molecule has 1 aromatic carbocycles. The van der Waals surface area contributed by atoms with Gasteiger partial charge >= 0.3 is 0 Å². The van der Waals surface area contributed by atoms with E-state index >= 15 is 0 Å². The highest BCUT2D eigenvalue weighted by Gasteiger charge is 2.20. The SMILES string of the molecule is Cc1ccc2cc(C(O)c3cc4c(s3)CCC4)ccc2n1. The summed E-state index contributed by atoms with van der Waals surface area (Å²) in [6, 6.07) is 12.3. The summed E-state index contributed by atoms with van der Waals surface area (Å²) in [5.74, 6) is 0. The second-order valence-corrected chi connectivity index (χ2v) is 6.93. The van der Waals surface area contributed by atoms with Crippen LogP contribution in [0.1, 0.15) is 39.1 Å². The number of aliphatic hydroxyl groups is 1. The predicted molar refractivity (Wildman–Crippen MR) is 86.9 cm³/mol. The van der Waals surface area contributed by atoms with E-state index in [-0.39, 0.29) is 0 Å². The maximum atomic E-state index is 10.7. The first kappa shape index (κ1) is 13.0. The Kier molecular flexibility index (Phi) is 3.05. The highest BCUT2D eigenvalue weighted by Crippen LogP contribution is 2.36. The van der Waals surface area contributed by atoms with Crippen molar-refractivity contribution < 1.29 is 5.11 Å². The number of aromatic nitrogens is 1. The molecule has 1 unspecified atom stereocenters. The molecule has 2 heterocycles. The summed E-state index contributed by atoms with van der Waals surface area (Å²) in [6.07, 6.45) is 3.08. The molecule has 1 atom stereocenters. The molecule has 0 aliphatic heterocycles. The van der Waals surface area contributed by atoms with Gasteiger partial charge in [0.25, 0.3) is 0 Å². The lowest BCUT2D eigenvalue weighted by Crippen LogP contribution is -1.97. The zero-order chi connectivity index (χ0) is 14.4. The molecule has 0 radical (unpaired) electrons. The summed E-state index contributed by atoms with van der Waals surface area (Å²) in [7, 11) is 0. The Labute approximate surface area is 128 Å². The van der Waals surface area contributed by atoms with E-state index in [2.05, 4.69) is 23.2 Å². The largest absolute Gasteiger partial charge is 0.383 e. The van der Waals surface area contributed by atoms with Gasteiger partial charge in [-0.1, -0.05) is 12.1 Å². The van der Waals surface area contributed by atoms with Crippen molar-refractivity contribution in [2.75, 3.05) is 0 Å². The first-order valence-electron chi connectivity index (χ1n) is 7.37. The van der Waals surface area contributed by atoms with Gasteiger partial charge in [-0.2, -0.15) is 0 Å². The Morgan fingerprint density at radius 2 is 2.05 bits per heavy atom. The number of aryl methyl sites for hydroxylation is 3. The molecular weight excluding hydrogens is 278 g/mol. The molecule has 0 fully saturated rings. The summed E-state index contributed by atoms with van der Waals surface area (Å²) in [5.41, 5.74) is 4.39. The maximum absolute atomic E-state index is 10.7. The van der Waals surface area contributed by atoms with Gasteiger partial charge in [0.1, 0.15) is 6.10 Å². The second kappa shape index (κ2) is 4.93. The van der Waals surface area contributed by atoms with Gasteiger partial charge in [-0.15, -0.1) is 11.3 Å². The molecule has 0 spiro atoms. The monoisotopic (exact) mass is 295 g/mol. The van der Waals surface area contributed by atoms with E-state index in [9.17, 15) is 5.11 Å². The quantitative estimate of drug-likeness (QED) is 0.769. The van der Waals surface area contributed by atoms with E-state index in [1.165, 1.54) is 29.7 Å². The third kappa shape index (κ3) is 2.27. The smallest absolute Gasteiger partial charge is 0.113 e. The van der Waals surface area contributed by atoms with Crippen LogP contribution in [0.15, 0.2) is 36.4 Å². The van der Waals surface area contributed by atoms with Crippen molar-refractivity contribution in [1.82, 2.24) is 4.98 Å². The lowest BCUT2D eigenvalue weighted by molar-refractivity contribution is 0.224. The van der Waals surface area contributed by atoms with E-state index in [1.807, 2.05) is 25.1 Å². The summed E-state index contributed by atoms with van der Waals surface area (Å²) in [6.45, 7) is 2.00. The molecule has 0 amide bonds. The Morgan fingerprint density at radius 1 is 1.14 bits per heavy atom. The van der Waals surface area contributed by atoms with Gasteiger partial charge < -0.3 is 5.11 Å². The Bertz CT molecular complexity index is 800. The zero-order valence-electron chi connectivity index (χ0n) is 12.0. The van der Waals surface area contributed by atoms with Crippen LogP contribution in [0.3, 0.4) is 0 Å².